The monoisotopic (exact) mass is 539 g/mol. The Morgan fingerprint density at radius 2 is 1.95 bits per heavy atom. The molecule has 4 atom stereocenters. The quantitative estimate of drug-likeness (QED) is 0.188. The van der Waals surface area contributed by atoms with Crippen molar-refractivity contribution >= 4 is 29.2 Å². The molecule has 7 nitrogen and oxygen atoms in total. The molecule has 0 spiro atoms. The van der Waals surface area contributed by atoms with Crippen LogP contribution in [0, 0.1) is 24.2 Å². The maximum Gasteiger partial charge on any atom is 0.306 e. The van der Waals surface area contributed by atoms with E-state index in [0.717, 1.165) is 10.6 Å². The Morgan fingerprint density at radius 1 is 1.27 bits per heavy atom. The van der Waals surface area contributed by atoms with Gasteiger partial charge in [0.2, 0.25) is 0 Å². The molecule has 0 amide bonds. The highest BCUT2D eigenvalue weighted by Crippen LogP contribution is 2.33. The van der Waals surface area contributed by atoms with Crippen LogP contribution >= 0.6 is 11.3 Å². The Labute approximate surface area is 223 Å². The molecule has 0 aromatic carbocycles. The number of hydrogen-bond acceptors (Lipinski definition) is 7. The van der Waals surface area contributed by atoms with E-state index >= 15 is 0 Å². The van der Waals surface area contributed by atoms with Gasteiger partial charge in [0.25, 0.3) is 0 Å². The summed E-state index contributed by atoms with van der Waals surface area (Å²) in [7, 11) is 0. The van der Waals surface area contributed by atoms with E-state index < -0.39 is 41.7 Å². The van der Waals surface area contributed by atoms with E-state index in [2.05, 4.69) is 11.6 Å². The minimum Gasteiger partial charge on any atom is -0.481 e. The molecule has 0 bridgehead atoms. The predicted molar refractivity (Wildman–Crippen MR) is 145 cm³/mol. The number of rotatable bonds is 18. The molecule has 0 radical (unpaired) electrons. The van der Waals surface area contributed by atoms with Gasteiger partial charge < -0.3 is 20.4 Å². The molecule has 4 N–H and O–H groups in total. The van der Waals surface area contributed by atoms with Gasteiger partial charge in [-0.15, -0.1) is 17.9 Å². The molecule has 0 fully saturated rings. The summed E-state index contributed by atoms with van der Waals surface area (Å²) in [6.07, 6.45) is 4.51. The summed E-state index contributed by atoms with van der Waals surface area (Å²) in [5.41, 5.74) is 0.0456. The summed E-state index contributed by atoms with van der Waals surface area (Å²) in [6.45, 7) is 10.2. The lowest BCUT2D eigenvalue weighted by molar-refractivity contribution is -0.147. The molecule has 0 saturated heterocycles. The maximum atomic E-state index is 14.1. The molecule has 0 aliphatic heterocycles. The molecule has 0 unspecified atom stereocenters. The fourth-order valence-electron chi connectivity index (χ4n) is 4.20. The second-order valence-corrected chi connectivity index (χ2v) is 11.2. The number of carboxylic acid groups (broad SMARTS) is 1. The zero-order valence-electron chi connectivity index (χ0n) is 22.3. The Hall–Kier alpha value is -2.20. The van der Waals surface area contributed by atoms with Crippen LogP contribution in [0.3, 0.4) is 0 Å². The second-order valence-electron chi connectivity index (χ2n) is 10.1. The fraction of sp³-hybridized carbons (Fsp3) is 0.607. The van der Waals surface area contributed by atoms with Crippen LogP contribution in [-0.2, 0) is 9.59 Å². The number of carbonyl (C=O) groups excluding carboxylic acids is 1. The molecule has 0 saturated carbocycles. The van der Waals surface area contributed by atoms with Crippen molar-refractivity contribution in [2.75, 3.05) is 6.61 Å². The third-order valence-electron chi connectivity index (χ3n) is 6.71. The number of allylic oxidation sites excluding steroid dienone is 3. The van der Waals surface area contributed by atoms with Crippen molar-refractivity contribution in [3.63, 3.8) is 0 Å². The minimum atomic E-state index is -1.38. The Morgan fingerprint density at radius 3 is 2.49 bits per heavy atom. The van der Waals surface area contributed by atoms with Gasteiger partial charge in [0, 0.05) is 17.7 Å². The van der Waals surface area contributed by atoms with Gasteiger partial charge in [-0.25, -0.2) is 9.37 Å². The zero-order chi connectivity index (χ0) is 28.2. The van der Waals surface area contributed by atoms with E-state index in [-0.39, 0.29) is 31.2 Å². The molecule has 0 aliphatic carbocycles. The van der Waals surface area contributed by atoms with Gasteiger partial charge in [-0.1, -0.05) is 32.9 Å². The van der Waals surface area contributed by atoms with Gasteiger partial charge in [-0.05, 0) is 56.6 Å². The fourth-order valence-corrected chi connectivity index (χ4v) is 4.77. The molecule has 1 aromatic rings. The summed E-state index contributed by atoms with van der Waals surface area (Å²) < 4.78 is 14.1. The number of aryl methyl sites for hydroxylation is 1. The highest BCUT2D eigenvalue weighted by atomic mass is 32.1. The maximum absolute atomic E-state index is 14.1. The molecule has 208 valence electrons. The standard InChI is InChI=1S/C28H42FNO6S/c1-6-9-23(27(36)28(4,5)24(32)15-25(33)34)26(35)18(2)10-7-11-20(16-31)12-8-13-21(29)14-22-17-37-19(3)30-22/h6,12,14,17-18,23-24,26,31-32,35H,1,7-11,13,15-16H2,2-5H3,(H,33,34)/t18-,23+,24-,26-/m0/s1. The Kier molecular flexibility index (Phi) is 14.1. The number of halogens is 1. The smallest absolute Gasteiger partial charge is 0.306 e. The van der Waals surface area contributed by atoms with Crippen LogP contribution in [0.5, 0.6) is 0 Å². The lowest BCUT2D eigenvalue weighted by atomic mass is 9.71. The first kappa shape index (κ1) is 32.8. The number of aliphatic carboxylic acids is 1. The number of aliphatic hydroxyl groups excluding tert-OH is 3. The lowest BCUT2D eigenvalue weighted by Gasteiger charge is -2.35. The van der Waals surface area contributed by atoms with E-state index in [1.165, 1.54) is 37.3 Å². The number of aliphatic hydroxyl groups is 3. The van der Waals surface area contributed by atoms with Gasteiger partial charge in [0.05, 0.1) is 41.4 Å². The predicted octanol–water partition coefficient (Wildman–Crippen LogP) is 5.25. The average Bonchev–Trinajstić information content (AvgIpc) is 3.24. The van der Waals surface area contributed by atoms with E-state index in [4.69, 9.17) is 5.11 Å². The average molecular weight is 540 g/mol. The van der Waals surface area contributed by atoms with Crippen LogP contribution in [-0.4, -0.2) is 56.0 Å². The summed E-state index contributed by atoms with van der Waals surface area (Å²) in [5, 5.41) is 42.6. The number of aromatic nitrogens is 1. The van der Waals surface area contributed by atoms with Crippen LogP contribution in [0.15, 0.2) is 35.5 Å². The van der Waals surface area contributed by atoms with Crippen molar-refractivity contribution in [1.82, 2.24) is 4.98 Å². The van der Waals surface area contributed by atoms with Crippen LogP contribution < -0.4 is 0 Å². The normalized spacial score (nSPS) is 16.2. The highest BCUT2D eigenvalue weighted by Gasteiger charge is 2.43. The lowest BCUT2D eigenvalue weighted by Crippen LogP contribution is -2.46. The summed E-state index contributed by atoms with van der Waals surface area (Å²) in [5.74, 6) is -2.97. The minimum absolute atomic E-state index is 0.138. The molecule has 1 aromatic heterocycles. The van der Waals surface area contributed by atoms with E-state index in [9.17, 15) is 29.3 Å². The molecular weight excluding hydrogens is 497 g/mol. The number of hydrogen-bond donors (Lipinski definition) is 4. The molecule has 37 heavy (non-hydrogen) atoms. The molecular formula is C28H42FNO6S. The van der Waals surface area contributed by atoms with Gasteiger partial charge in [0.15, 0.2) is 0 Å². The molecule has 1 heterocycles. The van der Waals surface area contributed by atoms with Crippen molar-refractivity contribution in [2.24, 2.45) is 17.3 Å². The van der Waals surface area contributed by atoms with Crippen molar-refractivity contribution < 1.29 is 34.4 Å². The van der Waals surface area contributed by atoms with Crippen molar-refractivity contribution in [1.29, 1.82) is 0 Å². The molecule has 9 heteroatoms. The zero-order valence-corrected chi connectivity index (χ0v) is 23.1. The number of carboxylic acids is 1. The molecule has 0 aliphatic rings. The molecule has 1 rings (SSSR count). The van der Waals surface area contributed by atoms with E-state index in [1.807, 2.05) is 19.9 Å². The van der Waals surface area contributed by atoms with E-state index in [1.54, 1.807) is 5.38 Å². The van der Waals surface area contributed by atoms with Gasteiger partial charge in [-0.3, -0.25) is 9.59 Å². The van der Waals surface area contributed by atoms with Crippen LogP contribution in [0.2, 0.25) is 0 Å². The first-order valence-electron chi connectivity index (χ1n) is 12.6. The highest BCUT2D eigenvalue weighted by molar-refractivity contribution is 7.09. The van der Waals surface area contributed by atoms with Gasteiger partial charge in [-0.2, -0.15) is 0 Å². The summed E-state index contributed by atoms with van der Waals surface area (Å²) in [4.78, 5) is 28.4. The third-order valence-corrected chi connectivity index (χ3v) is 7.50. The Balaban J connectivity index is 2.67. The largest absolute Gasteiger partial charge is 0.481 e. The van der Waals surface area contributed by atoms with E-state index in [0.29, 0.717) is 31.4 Å². The first-order valence-corrected chi connectivity index (χ1v) is 13.5. The Bertz CT molecular complexity index is 954. The number of nitrogens with zero attached hydrogens (tertiary/aromatic N) is 1. The van der Waals surface area contributed by atoms with Crippen LogP contribution in [0.4, 0.5) is 4.39 Å². The summed E-state index contributed by atoms with van der Waals surface area (Å²) in [6, 6.07) is 0. The second kappa shape index (κ2) is 15.9. The van der Waals surface area contributed by atoms with Crippen molar-refractivity contribution in [3.8, 4) is 0 Å². The number of thiazole rings is 1. The topological polar surface area (TPSA) is 128 Å². The number of carbonyl (C=O) groups is 2. The number of Topliss-reactive ketones (excluding diaryl/α,β-unsaturated/α-hetero) is 1. The van der Waals surface area contributed by atoms with Crippen molar-refractivity contribution in [3.05, 3.63) is 46.2 Å². The summed E-state index contributed by atoms with van der Waals surface area (Å²) >= 11 is 1.46. The van der Waals surface area contributed by atoms with Gasteiger partial charge in [0.1, 0.15) is 11.6 Å². The third kappa shape index (κ3) is 11.0. The van der Waals surface area contributed by atoms with Crippen LogP contribution in [0.25, 0.3) is 6.08 Å². The van der Waals surface area contributed by atoms with Crippen molar-refractivity contribution in [2.45, 2.75) is 84.8 Å². The first-order chi connectivity index (χ1) is 17.3. The number of ketones is 1. The van der Waals surface area contributed by atoms with Gasteiger partial charge >= 0.3 is 5.97 Å². The van der Waals surface area contributed by atoms with Crippen LogP contribution in [0.1, 0.15) is 76.4 Å². The SMILES string of the molecule is C=CC[C@@H](C(=O)C(C)(C)[C@@H](O)CC(=O)O)[C@@H](O)[C@@H](C)CCCC(=CCCC(F)=Cc1csc(C)n1)CO.